The summed E-state index contributed by atoms with van der Waals surface area (Å²) in [6, 6.07) is 3.83. The number of nitrogens with zero attached hydrogens (tertiary/aromatic N) is 1. The van der Waals surface area contributed by atoms with E-state index in [0.29, 0.717) is 0 Å². The van der Waals surface area contributed by atoms with Gasteiger partial charge in [-0.3, -0.25) is 0 Å². The minimum atomic E-state index is -4.65. The molecule has 0 spiro atoms. The molecule has 1 rings (SSSR count). The molecule has 0 heterocycles. The Bertz CT molecular complexity index is 421. The molecule has 0 bridgehead atoms. The average molecular weight is 235 g/mol. The minimum absolute atomic E-state index is 0.104. The molecule has 80 valence electrons. The van der Waals surface area contributed by atoms with Crippen molar-refractivity contribution in [3.05, 3.63) is 33.8 Å². The van der Waals surface area contributed by atoms with Gasteiger partial charge in [-0.15, -0.1) is 0 Å². The summed E-state index contributed by atoms with van der Waals surface area (Å²) in [4.78, 5) is 0. The zero-order valence-corrected chi connectivity index (χ0v) is 8.15. The van der Waals surface area contributed by atoms with E-state index in [4.69, 9.17) is 22.6 Å². The molecular formula is C9H6ClF3N2. The van der Waals surface area contributed by atoms with Gasteiger partial charge in [-0.2, -0.15) is 18.4 Å². The van der Waals surface area contributed by atoms with Crippen LogP contribution < -0.4 is 5.73 Å². The SMILES string of the molecule is N#Cc1ccc(CN)c(Cl)c1C(F)(F)F. The van der Waals surface area contributed by atoms with Gasteiger partial charge in [-0.1, -0.05) is 17.7 Å². The van der Waals surface area contributed by atoms with E-state index < -0.39 is 22.3 Å². The Balaban J connectivity index is 3.52. The van der Waals surface area contributed by atoms with Gasteiger partial charge in [0.05, 0.1) is 22.2 Å². The van der Waals surface area contributed by atoms with Crippen LogP contribution >= 0.6 is 11.6 Å². The monoisotopic (exact) mass is 234 g/mol. The van der Waals surface area contributed by atoms with Gasteiger partial charge in [0.25, 0.3) is 0 Å². The van der Waals surface area contributed by atoms with Crippen LogP contribution in [0, 0.1) is 11.3 Å². The van der Waals surface area contributed by atoms with Gasteiger partial charge in [0.1, 0.15) is 0 Å². The van der Waals surface area contributed by atoms with Crippen molar-refractivity contribution >= 4 is 11.6 Å². The average Bonchev–Trinajstić information content (AvgIpc) is 2.15. The molecule has 0 amide bonds. The molecule has 1 aromatic rings. The fourth-order valence-corrected chi connectivity index (χ4v) is 1.50. The lowest BCUT2D eigenvalue weighted by Crippen LogP contribution is -2.11. The molecule has 0 unspecified atom stereocenters. The van der Waals surface area contributed by atoms with Crippen LogP contribution in [0.1, 0.15) is 16.7 Å². The number of rotatable bonds is 1. The lowest BCUT2D eigenvalue weighted by atomic mass is 10.0. The quantitative estimate of drug-likeness (QED) is 0.812. The third-order valence-corrected chi connectivity index (χ3v) is 2.28. The number of alkyl halides is 3. The van der Waals surface area contributed by atoms with Gasteiger partial charge in [-0.05, 0) is 11.6 Å². The normalized spacial score (nSPS) is 11.2. The zero-order valence-electron chi connectivity index (χ0n) is 7.40. The van der Waals surface area contributed by atoms with Crippen molar-refractivity contribution in [2.45, 2.75) is 12.7 Å². The van der Waals surface area contributed by atoms with E-state index in [1.807, 2.05) is 0 Å². The highest BCUT2D eigenvalue weighted by molar-refractivity contribution is 6.32. The smallest absolute Gasteiger partial charge is 0.326 e. The fourth-order valence-electron chi connectivity index (χ4n) is 1.15. The zero-order chi connectivity index (χ0) is 11.6. The predicted molar refractivity (Wildman–Crippen MR) is 49.1 cm³/mol. The summed E-state index contributed by atoms with van der Waals surface area (Å²) in [6.45, 7) is -0.104. The van der Waals surface area contributed by atoms with E-state index in [0.717, 1.165) is 6.07 Å². The van der Waals surface area contributed by atoms with Crippen molar-refractivity contribution in [3.63, 3.8) is 0 Å². The number of halogens is 4. The molecule has 0 fully saturated rings. The van der Waals surface area contributed by atoms with Crippen LogP contribution in [0.3, 0.4) is 0 Å². The molecule has 2 nitrogen and oxygen atoms in total. The fraction of sp³-hybridized carbons (Fsp3) is 0.222. The third-order valence-electron chi connectivity index (χ3n) is 1.85. The Morgan fingerprint density at radius 2 is 2.00 bits per heavy atom. The second kappa shape index (κ2) is 4.09. The Morgan fingerprint density at radius 3 is 2.40 bits per heavy atom. The molecular weight excluding hydrogens is 229 g/mol. The number of benzene rings is 1. The van der Waals surface area contributed by atoms with E-state index in [2.05, 4.69) is 0 Å². The summed E-state index contributed by atoms with van der Waals surface area (Å²) < 4.78 is 37.6. The van der Waals surface area contributed by atoms with Crippen LogP contribution in [-0.4, -0.2) is 0 Å². The van der Waals surface area contributed by atoms with E-state index >= 15 is 0 Å². The highest BCUT2D eigenvalue weighted by Crippen LogP contribution is 2.38. The molecule has 0 saturated heterocycles. The van der Waals surface area contributed by atoms with Gasteiger partial charge in [0.15, 0.2) is 0 Å². The number of hydrogen-bond donors (Lipinski definition) is 1. The third kappa shape index (κ3) is 2.22. The minimum Gasteiger partial charge on any atom is -0.326 e. The highest BCUT2D eigenvalue weighted by atomic mass is 35.5. The van der Waals surface area contributed by atoms with Crippen molar-refractivity contribution in [1.82, 2.24) is 0 Å². The summed E-state index contributed by atoms with van der Waals surface area (Å²) in [5, 5.41) is 8.03. The van der Waals surface area contributed by atoms with Crippen molar-refractivity contribution in [2.75, 3.05) is 0 Å². The van der Waals surface area contributed by atoms with Crippen LogP contribution in [-0.2, 0) is 12.7 Å². The first-order valence-corrected chi connectivity index (χ1v) is 4.28. The topological polar surface area (TPSA) is 49.8 Å². The van der Waals surface area contributed by atoms with E-state index in [9.17, 15) is 13.2 Å². The van der Waals surface area contributed by atoms with Gasteiger partial charge >= 0.3 is 6.18 Å². The van der Waals surface area contributed by atoms with E-state index in [1.165, 1.54) is 12.1 Å². The molecule has 0 aromatic heterocycles. The van der Waals surface area contributed by atoms with Crippen molar-refractivity contribution in [1.29, 1.82) is 5.26 Å². The maximum atomic E-state index is 12.5. The molecule has 0 atom stereocenters. The molecule has 0 aliphatic rings. The molecule has 0 aliphatic carbocycles. The van der Waals surface area contributed by atoms with Crippen molar-refractivity contribution < 1.29 is 13.2 Å². The van der Waals surface area contributed by atoms with E-state index in [1.54, 1.807) is 0 Å². The van der Waals surface area contributed by atoms with Gasteiger partial charge < -0.3 is 5.73 Å². The maximum Gasteiger partial charge on any atom is 0.419 e. The second-order valence-corrected chi connectivity index (χ2v) is 3.15. The summed E-state index contributed by atoms with van der Waals surface area (Å²) in [6.07, 6.45) is -4.65. The standard InChI is InChI=1S/C9H6ClF3N2/c10-8-6(4-15)2-1-5(3-14)7(8)9(11,12)13/h1-2H,4,15H2. The predicted octanol–water partition coefficient (Wildman–Crippen LogP) is 2.69. The van der Waals surface area contributed by atoms with Crippen LogP contribution in [0.25, 0.3) is 0 Å². The van der Waals surface area contributed by atoms with Gasteiger partial charge in [-0.25, -0.2) is 0 Å². The first-order valence-electron chi connectivity index (χ1n) is 3.90. The van der Waals surface area contributed by atoms with Crippen LogP contribution in [0.5, 0.6) is 0 Å². The van der Waals surface area contributed by atoms with E-state index in [-0.39, 0.29) is 12.1 Å². The molecule has 0 aliphatic heterocycles. The van der Waals surface area contributed by atoms with Crippen molar-refractivity contribution in [3.8, 4) is 6.07 Å². The molecule has 0 saturated carbocycles. The Kier molecular flexibility index (Phi) is 3.22. The largest absolute Gasteiger partial charge is 0.419 e. The number of hydrogen-bond acceptors (Lipinski definition) is 2. The molecule has 6 heteroatoms. The molecule has 0 radical (unpaired) electrons. The Morgan fingerprint density at radius 1 is 1.40 bits per heavy atom. The highest BCUT2D eigenvalue weighted by Gasteiger charge is 2.36. The lowest BCUT2D eigenvalue weighted by Gasteiger charge is -2.13. The Hall–Kier alpha value is -1.25. The first-order chi connectivity index (χ1) is 6.91. The second-order valence-electron chi connectivity index (χ2n) is 2.77. The lowest BCUT2D eigenvalue weighted by molar-refractivity contribution is -0.137. The van der Waals surface area contributed by atoms with Crippen LogP contribution in [0.15, 0.2) is 12.1 Å². The summed E-state index contributed by atoms with van der Waals surface area (Å²) in [5.74, 6) is 0. The number of nitriles is 1. The first kappa shape index (κ1) is 11.8. The molecule has 15 heavy (non-hydrogen) atoms. The summed E-state index contributed by atoms with van der Waals surface area (Å²) >= 11 is 5.53. The molecule has 2 N–H and O–H groups in total. The van der Waals surface area contributed by atoms with Crippen LogP contribution in [0.2, 0.25) is 5.02 Å². The summed E-state index contributed by atoms with van der Waals surface area (Å²) in [7, 11) is 0. The Labute approximate surface area is 89.1 Å². The molecule has 1 aromatic carbocycles. The maximum absolute atomic E-state index is 12.5. The van der Waals surface area contributed by atoms with Crippen molar-refractivity contribution in [2.24, 2.45) is 5.73 Å². The van der Waals surface area contributed by atoms with Gasteiger partial charge in [0, 0.05) is 6.54 Å². The summed E-state index contributed by atoms with van der Waals surface area (Å²) in [5.41, 5.74) is 3.78. The van der Waals surface area contributed by atoms with Crippen LogP contribution in [0.4, 0.5) is 13.2 Å². The van der Waals surface area contributed by atoms with Gasteiger partial charge in [0.2, 0.25) is 0 Å². The number of nitrogens with two attached hydrogens (primary N) is 1.